The van der Waals surface area contributed by atoms with Gasteiger partial charge in [-0.25, -0.2) is 4.68 Å². The maximum atomic E-state index is 13.8. The summed E-state index contributed by atoms with van der Waals surface area (Å²) < 4.78 is 11.9. The Hall–Kier alpha value is -4.31. The largest absolute Gasteiger partial charge is 0.497 e. The van der Waals surface area contributed by atoms with Crippen molar-refractivity contribution in [3.05, 3.63) is 78.6 Å². The van der Waals surface area contributed by atoms with Gasteiger partial charge in [-0.2, -0.15) is 0 Å². The number of benzene rings is 2. The number of ether oxygens (including phenoxy) is 2. The van der Waals surface area contributed by atoms with Crippen LogP contribution in [0.1, 0.15) is 11.6 Å². The van der Waals surface area contributed by atoms with Crippen LogP contribution in [0.25, 0.3) is 11.0 Å². The minimum Gasteiger partial charge on any atom is -0.497 e. The topological polar surface area (TPSA) is 111 Å². The van der Waals surface area contributed by atoms with Crippen LogP contribution in [-0.2, 0) is 20.9 Å². The molecule has 0 radical (unpaired) electrons. The molecule has 0 aliphatic heterocycles. The van der Waals surface area contributed by atoms with E-state index < -0.39 is 6.04 Å². The second-order valence-corrected chi connectivity index (χ2v) is 7.66. The lowest BCUT2D eigenvalue weighted by molar-refractivity contribution is -0.127. The average molecular weight is 475 g/mol. The van der Waals surface area contributed by atoms with Gasteiger partial charge in [0, 0.05) is 31.7 Å². The van der Waals surface area contributed by atoms with Crippen LogP contribution in [-0.4, -0.2) is 59.2 Å². The minimum atomic E-state index is -0.953. The monoisotopic (exact) mass is 474 g/mol. The van der Waals surface area contributed by atoms with Crippen molar-refractivity contribution in [3.8, 4) is 5.75 Å². The highest BCUT2D eigenvalue weighted by molar-refractivity contribution is 6.01. The molecule has 35 heavy (non-hydrogen) atoms. The molecule has 10 nitrogen and oxygen atoms in total. The van der Waals surface area contributed by atoms with Crippen molar-refractivity contribution in [1.29, 1.82) is 0 Å². The van der Waals surface area contributed by atoms with Crippen molar-refractivity contribution in [2.24, 2.45) is 0 Å². The number of carbonyl (C=O) groups is 2. The van der Waals surface area contributed by atoms with Gasteiger partial charge in [-0.3, -0.25) is 19.5 Å². The second-order valence-electron chi connectivity index (χ2n) is 7.66. The number of pyridine rings is 1. The highest BCUT2D eigenvalue weighted by atomic mass is 16.5. The quantitative estimate of drug-likeness (QED) is 0.351. The molecule has 2 aromatic carbocycles. The van der Waals surface area contributed by atoms with Gasteiger partial charge in [-0.05, 0) is 54.1 Å². The number of fused-ring (bicyclic) bond motifs is 1. The van der Waals surface area contributed by atoms with Gasteiger partial charge in [-0.15, -0.1) is 5.10 Å². The average Bonchev–Trinajstić information content (AvgIpc) is 3.30. The Morgan fingerprint density at radius 3 is 2.49 bits per heavy atom. The van der Waals surface area contributed by atoms with Crippen molar-refractivity contribution >= 4 is 28.5 Å². The summed E-state index contributed by atoms with van der Waals surface area (Å²) in [5.41, 5.74) is 2.55. The summed E-state index contributed by atoms with van der Waals surface area (Å²) in [4.78, 5) is 32.8. The molecular weight excluding hydrogens is 448 g/mol. The molecule has 0 spiro atoms. The number of carbonyl (C=O) groups excluding carboxylic acids is 2. The lowest BCUT2D eigenvalue weighted by Crippen LogP contribution is -2.46. The SMILES string of the molecule is COCCNC(=O)[C@@H](c1ccncc1)N(C(=O)Cn1nnc2ccccc21)c1ccc(OC)cc1. The zero-order chi connectivity index (χ0) is 24.6. The normalized spacial score (nSPS) is 11.7. The van der Waals surface area contributed by atoms with E-state index in [1.54, 1.807) is 63.0 Å². The highest BCUT2D eigenvalue weighted by Gasteiger charge is 2.33. The third-order valence-electron chi connectivity index (χ3n) is 5.46. The maximum Gasteiger partial charge on any atom is 0.249 e. The Balaban J connectivity index is 1.75. The van der Waals surface area contributed by atoms with Gasteiger partial charge in [0.15, 0.2) is 0 Å². The van der Waals surface area contributed by atoms with E-state index in [1.165, 1.54) is 9.58 Å². The summed E-state index contributed by atoms with van der Waals surface area (Å²) >= 11 is 0. The van der Waals surface area contributed by atoms with Crippen LogP contribution >= 0.6 is 0 Å². The van der Waals surface area contributed by atoms with E-state index in [0.717, 1.165) is 5.52 Å². The molecule has 0 unspecified atom stereocenters. The van der Waals surface area contributed by atoms with Crippen molar-refractivity contribution in [1.82, 2.24) is 25.3 Å². The molecule has 0 aliphatic rings. The number of para-hydroxylation sites is 1. The molecule has 180 valence electrons. The molecule has 0 aliphatic carbocycles. The third kappa shape index (κ3) is 5.44. The van der Waals surface area contributed by atoms with Gasteiger partial charge >= 0.3 is 0 Å². The molecule has 4 rings (SSSR count). The van der Waals surface area contributed by atoms with Crippen LogP contribution in [0.15, 0.2) is 73.1 Å². The number of methoxy groups -OCH3 is 2. The molecule has 2 heterocycles. The van der Waals surface area contributed by atoms with Crippen molar-refractivity contribution in [2.45, 2.75) is 12.6 Å². The summed E-state index contributed by atoms with van der Waals surface area (Å²) in [5, 5.41) is 11.1. The standard InChI is InChI=1S/C25H26N6O4/c1-34-16-15-27-25(33)24(18-11-13-26-14-12-18)31(19-7-9-20(35-2)10-8-19)23(32)17-30-22-6-4-3-5-21(22)28-29-30/h3-14,24H,15-17H2,1-2H3,(H,27,33)/t24-/m1/s1. The summed E-state index contributed by atoms with van der Waals surface area (Å²) in [6.45, 7) is 0.533. The van der Waals surface area contributed by atoms with Crippen LogP contribution in [0, 0.1) is 0 Å². The van der Waals surface area contributed by atoms with Crippen LogP contribution < -0.4 is 15.0 Å². The van der Waals surface area contributed by atoms with Crippen LogP contribution in [0.4, 0.5) is 5.69 Å². The molecule has 2 amide bonds. The number of hydrogen-bond acceptors (Lipinski definition) is 7. The number of nitrogens with zero attached hydrogens (tertiary/aromatic N) is 5. The fourth-order valence-electron chi connectivity index (χ4n) is 3.75. The molecule has 0 saturated carbocycles. The number of anilines is 1. The van der Waals surface area contributed by atoms with Gasteiger partial charge in [0.2, 0.25) is 11.8 Å². The Morgan fingerprint density at radius 1 is 1.03 bits per heavy atom. The molecule has 1 atom stereocenters. The van der Waals surface area contributed by atoms with Gasteiger partial charge in [-0.1, -0.05) is 17.3 Å². The summed E-state index contributed by atoms with van der Waals surface area (Å²) in [6.07, 6.45) is 3.18. The Bertz CT molecular complexity index is 1280. The first-order valence-corrected chi connectivity index (χ1v) is 11.0. The van der Waals surface area contributed by atoms with Gasteiger partial charge in [0.05, 0.1) is 19.2 Å². The zero-order valence-corrected chi connectivity index (χ0v) is 19.5. The van der Waals surface area contributed by atoms with Crippen LogP contribution in [0.3, 0.4) is 0 Å². The second kappa shape index (κ2) is 11.2. The Labute approximate surface area is 202 Å². The zero-order valence-electron chi connectivity index (χ0n) is 19.5. The summed E-state index contributed by atoms with van der Waals surface area (Å²) in [5.74, 6) is -0.0520. The fourth-order valence-corrected chi connectivity index (χ4v) is 3.75. The van der Waals surface area contributed by atoms with Gasteiger partial charge in [0.25, 0.3) is 0 Å². The first-order chi connectivity index (χ1) is 17.1. The van der Waals surface area contributed by atoms with Gasteiger partial charge < -0.3 is 14.8 Å². The maximum absolute atomic E-state index is 13.8. The Morgan fingerprint density at radius 2 is 1.77 bits per heavy atom. The highest BCUT2D eigenvalue weighted by Crippen LogP contribution is 2.30. The number of amides is 2. The fraction of sp³-hybridized carbons (Fsp3) is 0.240. The van der Waals surface area contributed by atoms with E-state index >= 15 is 0 Å². The molecule has 1 N–H and O–H groups in total. The lowest BCUT2D eigenvalue weighted by Gasteiger charge is -2.31. The number of hydrogen-bond donors (Lipinski definition) is 1. The number of rotatable bonds is 10. The molecule has 4 aromatic rings. The smallest absolute Gasteiger partial charge is 0.249 e. The van der Waals surface area contributed by atoms with E-state index in [-0.39, 0.29) is 18.4 Å². The molecular formula is C25H26N6O4. The van der Waals surface area contributed by atoms with Crippen molar-refractivity contribution < 1.29 is 19.1 Å². The van der Waals surface area contributed by atoms with E-state index in [0.29, 0.717) is 35.7 Å². The van der Waals surface area contributed by atoms with Crippen LogP contribution in [0.2, 0.25) is 0 Å². The predicted molar refractivity (Wildman–Crippen MR) is 130 cm³/mol. The first kappa shape index (κ1) is 23.8. The molecule has 2 aromatic heterocycles. The molecule has 0 bridgehead atoms. The third-order valence-corrected chi connectivity index (χ3v) is 5.46. The lowest BCUT2D eigenvalue weighted by atomic mass is 10.0. The van der Waals surface area contributed by atoms with E-state index in [9.17, 15) is 9.59 Å². The van der Waals surface area contributed by atoms with E-state index in [1.807, 2.05) is 24.3 Å². The van der Waals surface area contributed by atoms with E-state index in [4.69, 9.17) is 9.47 Å². The van der Waals surface area contributed by atoms with Crippen LogP contribution in [0.5, 0.6) is 5.75 Å². The molecule has 10 heteroatoms. The Kier molecular flexibility index (Phi) is 7.63. The van der Waals surface area contributed by atoms with Gasteiger partial charge in [0.1, 0.15) is 23.9 Å². The summed E-state index contributed by atoms with van der Waals surface area (Å²) in [6, 6.07) is 16.8. The van der Waals surface area contributed by atoms with Crippen molar-refractivity contribution in [3.63, 3.8) is 0 Å². The summed E-state index contributed by atoms with van der Waals surface area (Å²) in [7, 11) is 3.12. The van der Waals surface area contributed by atoms with Crippen molar-refractivity contribution in [2.75, 3.05) is 32.3 Å². The molecule has 0 fully saturated rings. The minimum absolute atomic E-state index is 0.112. The molecule has 0 saturated heterocycles. The first-order valence-electron chi connectivity index (χ1n) is 11.0. The predicted octanol–water partition coefficient (Wildman–Crippen LogP) is 2.37. The van der Waals surface area contributed by atoms with E-state index in [2.05, 4.69) is 20.6 Å². The number of aromatic nitrogens is 4. The number of nitrogens with one attached hydrogen (secondary N) is 1.